The van der Waals surface area contributed by atoms with Crippen LogP contribution >= 0.6 is 30.2 Å². The van der Waals surface area contributed by atoms with Crippen LogP contribution in [0.3, 0.4) is 0 Å². The summed E-state index contributed by atoms with van der Waals surface area (Å²) in [5.41, 5.74) is 0. The first-order valence-corrected chi connectivity index (χ1v) is 5.38. The molecule has 56 valence electrons. The van der Waals surface area contributed by atoms with Gasteiger partial charge in [-0.25, -0.2) is 0 Å². The number of halogens is 1. The Bertz CT molecular complexity index is 122. The highest BCUT2D eigenvalue weighted by atomic mass is 127. The Morgan fingerprint density at radius 2 is 2.22 bits per heavy atom. The third-order valence-corrected chi connectivity index (χ3v) is 1.61. The highest BCUT2D eigenvalue weighted by Crippen LogP contribution is 2.32. The van der Waals surface area contributed by atoms with Gasteiger partial charge in [-0.3, -0.25) is 9.88 Å². The van der Waals surface area contributed by atoms with Crippen LogP contribution in [-0.2, 0) is 4.57 Å². The van der Waals surface area contributed by atoms with E-state index in [1.165, 1.54) is 0 Å². The van der Waals surface area contributed by atoms with Crippen LogP contribution in [0.15, 0.2) is 0 Å². The highest BCUT2D eigenvalue weighted by molar-refractivity contribution is 14.1. The topological polar surface area (TPSA) is 69.6 Å². The van der Waals surface area contributed by atoms with Gasteiger partial charge in [0.25, 0.3) is 0 Å². The number of hydrogen-bond acceptors (Lipinski definition) is 2. The van der Waals surface area contributed by atoms with Gasteiger partial charge in [0.05, 0.1) is 10.3 Å². The minimum Gasteiger partial charge on any atom is -0.324 e. The smallest absolute Gasteiger partial charge is 0.324 e. The zero-order valence-corrected chi connectivity index (χ0v) is 7.96. The van der Waals surface area contributed by atoms with Gasteiger partial charge in [-0.2, -0.15) is 0 Å². The van der Waals surface area contributed by atoms with Gasteiger partial charge in [0.15, 0.2) is 0 Å². The molecule has 0 spiro atoms. The molecule has 1 unspecified atom stereocenters. The van der Waals surface area contributed by atoms with Crippen molar-refractivity contribution < 1.29 is 14.4 Å². The Balaban J connectivity index is 3.40. The van der Waals surface area contributed by atoms with Crippen molar-refractivity contribution in [3.05, 3.63) is 0 Å². The minimum atomic E-state index is -3.84. The van der Waals surface area contributed by atoms with Crippen LogP contribution in [0, 0.1) is 0 Å². The van der Waals surface area contributed by atoms with Gasteiger partial charge >= 0.3 is 7.60 Å². The van der Waals surface area contributed by atoms with Crippen molar-refractivity contribution in [3.63, 3.8) is 0 Å². The maximum Gasteiger partial charge on any atom is 0.339 e. The molecule has 0 saturated heterocycles. The van der Waals surface area contributed by atoms with Gasteiger partial charge < -0.3 is 9.79 Å². The Morgan fingerprint density at radius 3 is 2.33 bits per heavy atom. The Hall–Kier alpha value is 0.840. The van der Waals surface area contributed by atoms with Crippen LogP contribution in [0.25, 0.3) is 0 Å². The summed E-state index contributed by atoms with van der Waals surface area (Å²) in [7, 11) is -3.84. The van der Waals surface area contributed by atoms with Gasteiger partial charge in [0.2, 0.25) is 0 Å². The van der Waals surface area contributed by atoms with Gasteiger partial charge in [0.1, 0.15) is 0 Å². The molecule has 0 radical (unpaired) electrons. The maximum absolute atomic E-state index is 10.2. The Kier molecular flexibility index (Phi) is 4.24. The lowest BCUT2D eigenvalue weighted by atomic mass is 10.8. The normalized spacial score (nSPS) is 15.6. The second kappa shape index (κ2) is 3.88. The zero-order valence-electron chi connectivity index (χ0n) is 4.91. The fourth-order valence-corrected chi connectivity index (χ4v) is 1.32. The summed E-state index contributed by atoms with van der Waals surface area (Å²) in [5.74, 6) is 0. The monoisotopic (exact) mass is 265 g/mol. The first-order chi connectivity index (χ1) is 3.92. The molecule has 0 amide bonds. The minimum absolute atomic E-state index is 0.0928. The molecular weight excluding hydrogens is 256 g/mol. The average molecular weight is 265 g/mol. The molecule has 0 fully saturated rings. The second-order valence-electron chi connectivity index (χ2n) is 1.64. The summed E-state index contributed by atoms with van der Waals surface area (Å²) in [6.45, 7) is 1.82. The summed E-state index contributed by atoms with van der Waals surface area (Å²) in [6.07, 6.45) is -0.239. The lowest BCUT2D eigenvalue weighted by Gasteiger charge is -2.06. The summed E-state index contributed by atoms with van der Waals surface area (Å²) in [4.78, 5) is 16.6. The van der Waals surface area contributed by atoms with E-state index in [9.17, 15) is 4.57 Å². The van der Waals surface area contributed by atoms with Gasteiger partial charge in [0, 0.05) is 0 Å². The van der Waals surface area contributed by atoms with Crippen molar-refractivity contribution in [2.75, 3.05) is 6.29 Å². The molecule has 0 aliphatic rings. The van der Waals surface area contributed by atoms with Crippen LogP contribution < -0.4 is 5.32 Å². The van der Waals surface area contributed by atoms with Crippen LogP contribution in [-0.4, -0.2) is 20.1 Å². The van der Waals surface area contributed by atoms with E-state index >= 15 is 0 Å². The highest BCUT2D eigenvalue weighted by Gasteiger charge is 2.11. The molecule has 3 N–H and O–H groups in total. The first-order valence-electron chi connectivity index (χ1n) is 2.34. The molecule has 0 aliphatic carbocycles. The van der Waals surface area contributed by atoms with Crippen LogP contribution in [0.4, 0.5) is 0 Å². The van der Waals surface area contributed by atoms with Crippen molar-refractivity contribution in [1.29, 1.82) is 0 Å². The largest absolute Gasteiger partial charge is 0.339 e. The Morgan fingerprint density at radius 1 is 1.78 bits per heavy atom. The number of hydrogen-bond donors (Lipinski definition) is 3. The quantitative estimate of drug-likeness (QED) is 0.300. The SMILES string of the molecule is CC(I)NCP(=O)(O)O. The maximum atomic E-state index is 10.2. The number of rotatable bonds is 3. The molecule has 6 heteroatoms. The van der Waals surface area contributed by atoms with E-state index in [0.717, 1.165) is 0 Å². The van der Waals surface area contributed by atoms with E-state index in [1.54, 1.807) is 0 Å². The molecular formula is C3H9INO3P. The first kappa shape index (κ1) is 9.84. The molecule has 0 heterocycles. The van der Waals surface area contributed by atoms with E-state index < -0.39 is 7.60 Å². The van der Waals surface area contributed by atoms with Crippen molar-refractivity contribution in [2.24, 2.45) is 0 Å². The lowest BCUT2D eigenvalue weighted by molar-refractivity contribution is 0.368. The van der Waals surface area contributed by atoms with Gasteiger partial charge in [-0.05, 0) is 6.92 Å². The molecule has 0 aromatic carbocycles. The molecule has 0 saturated carbocycles. The second-order valence-corrected chi connectivity index (χ2v) is 5.16. The van der Waals surface area contributed by atoms with E-state index in [1.807, 2.05) is 29.5 Å². The van der Waals surface area contributed by atoms with E-state index in [2.05, 4.69) is 5.32 Å². The molecule has 0 bridgehead atoms. The zero-order chi connectivity index (χ0) is 7.49. The molecule has 0 aromatic heterocycles. The van der Waals surface area contributed by atoms with Crippen LogP contribution in [0.2, 0.25) is 0 Å². The third-order valence-electron chi connectivity index (χ3n) is 0.579. The average Bonchev–Trinajstić information content (AvgIpc) is 1.59. The fourth-order valence-electron chi connectivity index (χ4n) is 0.245. The van der Waals surface area contributed by atoms with E-state index in [0.29, 0.717) is 0 Å². The summed E-state index contributed by atoms with van der Waals surface area (Å²) in [5, 5.41) is 2.61. The van der Waals surface area contributed by atoms with E-state index in [-0.39, 0.29) is 10.3 Å². The predicted octanol–water partition coefficient (Wildman–Crippen LogP) is 0.492. The molecule has 4 nitrogen and oxygen atoms in total. The number of alkyl halides is 1. The lowest BCUT2D eigenvalue weighted by Crippen LogP contribution is -2.20. The van der Waals surface area contributed by atoms with Crippen molar-refractivity contribution in [2.45, 2.75) is 11.0 Å². The molecule has 0 rings (SSSR count). The molecule has 0 aliphatic heterocycles. The predicted molar refractivity (Wildman–Crippen MR) is 43.5 cm³/mol. The summed E-state index contributed by atoms with van der Waals surface area (Å²) in [6, 6.07) is 0. The molecule has 9 heavy (non-hydrogen) atoms. The van der Waals surface area contributed by atoms with Crippen LogP contribution in [0.5, 0.6) is 0 Å². The standard InChI is InChI=1S/C3H9INO3P/c1-3(4)5-2-9(6,7)8/h3,5H,2H2,1H3,(H2,6,7,8). The molecule has 0 aromatic rings. The van der Waals surface area contributed by atoms with Crippen molar-refractivity contribution in [3.8, 4) is 0 Å². The number of nitrogens with one attached hydrogen (secondary N) is 1. The van der Waals surface area contributed by atoms with Gasteiger partial charge in [-0.15, -0.1) is 0 Å². The Labute approximate surface area is 67.3 Å². The van der Waals surface area contributed by atoms with Crippen molar-refractivity contribution >= 4 is 30.2 Å². The van der Waals surface area contributed by atoms with Gasteiger partial charge in [-0.1, -0.05) is 22.6 Å². The summed E-state index contributed by atoms with van der Waals surface area (Å²) >= 11 is 2.03. The van der Waals surface area contributed by atoms with Crippen LogP contribution in [0.1, 0.15) is 6.92 Å². The van der Waals surface area contributed by atoms with E-state index in [4.69, 9.17) is 9.79 Å². The third kappa shape index (κ3) is 8.84. The molecule has 1 atom stereocenters. The summed E-state index contributed by atoms with van der Waals surface area (Å²) < 4.78 is 10.3. The van der Waals surface area contributed by atoms with Crippen molar-refractivity contribution in [1.82, 2.24) is 5.32 Å². The fraction of sp³-hybridized carbons (Fsp3) is 1.00.